The molecule has 4 atom stereocenters. The van der Waals surface area contributed by atoms with Crippen molar-refractivity contribution in [3.8, 4) is 0 Å². The van der Waals surface area contributed by atoms with Gasteiger partial charge in [0.15, 0.2) is 0 Å². The van der Waals surface area contributed by atoms with Gasteiger partial charge in [-0.05, 0) is 36.3 Å². The van der Waals surface area contributed by atoms with Gasteiger partial charge in [0, 0.05) is 0 Å². The first-order valence-corrected chi connectivity index (χ1v) is 9.28. The summed E-state index contributed by atoms with van der Waals surface area (Å²) in [7, 11) is -3.78. The maximum atomic E-state index is 12.3. The van der Waals surface area contributed by atoms with E-state index in [0.717, 1.165) is 0 Å². The van der Waals surface area contributed by atoms with Crippen LogP contribution in [0.1, 0.15) is 41.0 Å². The predicted molar refractivity (Wildman–Crippen MR) is 88.0 cm³/mol. The van der Waals surface area contributed by atoms with Crippen LogP contribution in [-0.2, 0) is 14.3 Å². The second kappa shape index (κ2) is 8.09. The average Bonchev–Trinajstić information content (AvgIpc) is 2.51. The van der Waals surface area contributed by atoms with Gasteiger partial charge in [-0.3, -0.25) is 4.18 Å². The van der Waals surface area contributed by atoms with Gasteiger partial charge in [-0.15, -0.1) is 0 Å². The van der Waals surface area contributed by atoms with Crippen molar-refractivity contribution in [3.63, 3.8) is 0 Å². The summed E-state index contributed by atoms with van der Waals surface area (Å²) >= 11 is 0. The van der Waals surface area contributed by atoms with Crippen LogP contribution < -0.4 is 0 Å². The van der Waals surface area contributed by atoms with Crippen LogP contribution in [0.25, 0.3) is 0 Å². The summed E-state index contributed by atoms with van der Waals surface area (Å²) in [6.45, 7) is 9.68. The Morgan fingerprint density at radius 2 is 1.59 bits per heavy atom. The molecule has 0 saturated heterocycles. The van der Waals surface area contributed by atoms with Crippen LogP contribution in [-0.4, -0.2) is 25.7 Å². The monoisotopic (exact) mass is 328 g/mol. The minimum atomic E-state index is -3.78. The molecule has 0 saturated carbocycles. The molecule has 1 rings (SSSR count). The highest BCUT2D eigenvalue weighted by Gasteiger charge is 2.32. The summed E-state index contributed by atoms with van der Waals surface area (Å²) in [6.07, 6.45) is -0.358. The van der Waals surface area contributed by atoms with Crippen molar-refractivity contribution >= 4 is 10.1 Å². The summed E-state index contributed by atoms with van der Waals surface area (Å²) in [5.74, 6) is 0.0116. The van der Waals surface area contributed by atoms with E-state index in [4.69, 9.17) is 4.18 Å². The van der Waals surface area contributed by atoms with Gasteiger partial charge >= 0.3 is 0 Å². The molecule has 0 amide bonds. The SMILES string of the molecule is CCC(OS(=O)(=O)c1ccccc1)C(C)C(C)C(O)C(C)C. The van der Waals surface area contributed by atoms with Crippen molar-refractivity contribution in [1.29, 1.82) is 0 Å². The lowest BCUT2D eigenvalue weighted by atomic mass is 9.82. The van der Waals surface area contributed by atoms with Gasteiger partial charge in [0.1, 0.15) is 0 Å². The number of benzene rings is 1. The lowest BCUT2D eigenvalue weighted by Gasteiger charge is -2.32. The predicted octanol–water partition coefficient (Wildman–Crippen LogP) is 3.46. The smallest absolute Gasteiger partial charge is 0.297 e. The van der Waals surface area contributed by atoms with E-state index in [1.165, 1.54) is 12.1 Å². The number of aliphatic hydroxyl groups excluding tert-OH is 1. The molecule has 126 valence electrons. The Morgan fingerprint density at radius 1 is 1.05 bits per heavy atom. The zero-order chi connectivity index (χ0) is 16.9. The summed E-state index contributed by atoms with van der Waals surface area (Å²) in [4.78, 5) is 0.165. The van der Waals surface area contributed by atoms with Gasteiger partial charge in [-0.25, -0.2) is 0 Å². The highest BCUT2D eigenvalue weighted by molar-refractivity contribution is 7.86. The van der Waals surface area contributed by atoms with Crippen molar-refractivity contribution in [2.75, 3.05) is 0 Å². The second-order valence-corrected chi connectivity index (χ2v) is 7.84. The topological polar surface area (TPSA) is 63.6 Å². The lowest BCUT2D eigenvalue weighted by molar-refractivity contribution is 0.0107. The molecule has 0 aromatic heterocycles. The molecule has 0 aliphatic heterocycles. The first kappa shape index (κ1) is 19.1. The normalized spacial score (nSPS) is 18.0. The fourth-order valence-electron chi connectivity index (χ4n) is 2.59. The molecule has 1 aromatic rings. The Labute approximate surface area is 134 Å². The highest BCUT2D eigenvalue weighted by atomic mass is 32.2. The average molecular weight is 328 g/mol. The van der Waals surface area contributed by atoms with Crippen LogP contribution in [0.3, 0.4) is 0 Å². The maximum absolute atomic E-state index is 12.3. The molecule has 0 aliphatic carbocycles. The summed E-state index contributed by atoms with van der Waals surface area (Å²) < 4.78 is 30.1. The Kier molecular flexibility index (Phi) is 7.03. The first-order valence-electron chi connectivity index (χ1n) is 7.87. The molecule has 4 nitrogen and oxygen atoms in total. The van der Waals surface area contributed by atoms with Gasteiger partial charge in [0.2, 0.25) is 0 Å². The minimum absolute atomic E-state index is 0.0454. The number of hydrogen-bond acceptors (Lipinski definition) is 4. The minimum Gasteiger partial charge on any atom is -0.393 e. The summed E-state index contributed by atoms with van der Waals surface area (Å²) in [5.41, 5.74) is 0. The Bertz CT molecular complexity index is 539. The molecular formula is C17H28O4S. The van der Waals surface area contributed by atoms with Crippen LogP contribution in [0, 0.1) is 17.8 Å². The first-order chi connectivity index (χ1) is 10.2. The van der Waals surface area contributed by atoms with Crippen LogP contribution in [0.4, 0.5) is 0 Å². The molecule has 1 N–H and O–H groups in total. The van der Waals surface area contributed by atoms with Crippen LogP contribution in [0.15, 0.2) is 35.2 Å². The maximum Gasteiger partial charge on any atom is 0.297 e. The van der Waals surface area contributed by atoms with Gasteiger partial charge in [0.05, 0.1) is 17.1 Å². The van der Waals surface area contributed by atoms with Crippen LogP contribution in [0.5, 0.6) is 0 Å². The number of rotatable bonds is 8. The highest BCUT2D eigenvalue weighted by Crippen LogP contribution is 2.28. The molecule has 0 bridgehead atoms. The quantitative estimate of drug-likeness (QED) is 0.742. The number of aliphatic hydroxyl groups is 1. The molecule has 0 spiro atoms. The Hall–Kier alpha value is -0.910. The largest absolute Gasteiger partial charge is 0.393 e. The van der Waals surface area contributed by atoms with Gasteiger partial charge in [-0.1, -0.05) is 52.8 Å². The van der Waals surface area contributed by atoms with Crippen molar-refractivity contribution in [3.05, 3.63) is 30.3 Å². The van der Waals surface area contributed by atoms with Crippen molar-refractivity contribution in [2.45, 2.75) is 58.1 Å². The van der Waals surface area contributed by atoms with E-state index in [0.29, 0.717) is 6.42 Å². The van der Waals surface area contributed by atoms with Crippen LogP contribution in [0.2, 0.25) is 0 Å². The van der Waals surface area contributed by atoms with E-state index >= 15 is 0 Å². The van der Waals surface area contributed by atoms with E-state index in [9.17, 15) is 13.5 Å². The molecule has 0 heterocycles. The van der Waals surface area contributed by atoms with Gasteiger partial charge in [-0.2, -0.15) is 8.42 Å². The third-order valence-corrected chi connectivity index (χ3v) is 5.67. The van der Waals surface area contributed by atoms with E-state index in [2.05, 4.69) is 0 Å². The zero-order valence-electron chi connectivity index (χ0n) is 14.1. The zero-order valence-corrected chi connectivity index (χ0v) is 14.9. The molecule has 5 heteroatoms. The van der Waals surface area contributed by atoms with Crippen LogP contribution >= 0.6 is 0 Å². The number of hydrogen-bond donors (Lipinski definition) is 1. The molecule has 0 radical (unpaired) electrons. The summed E-state index contributed by atoms with van der Waals surface area (Å²) in [5, 5.41) is 10.2. The molecule has 4 unspecified atom stereocenters. The Balaban J connectivity index is 2.89. The Morgan fingerprint density at radius 3 is 2.05 bits per heavy atom. The molecule has 0 fully saturated rings. The third kappa shape index (κ3) is 4.80. The fraction of sp³-hybridized carbons (Fsp3) is 0.647. The van der Waals surface area contributed by atoms with Crippen molar-refractivity contribution in [1.82, 2.24) is 0 Å². The fourth-order valence-corrected chi connectivity index (χ4v) is 3.83. The summed E-state index contributed by atoms with van der Waals surface area (Å²) in [6, 6.07) is 8.16. The van der Waals surface area contributed by atoms with E-state index in [-0.39, 0.29) is 22.6 Å². The van der Waals surface area contributed by atoms with E-state index in [1.807, 2.05) is 34.6 Å². The molecular weight excluding hydrogens is 300 g/mol. The van der Waals surface area contributed by atoms with Gasteiger partial charge < -0.3 is 5.11 Å². The molecule has 22 heavy (non-hydrogen) atoms. The van der Waals surface area contributed by atoms with Crippen molar-refractivity contribution in [2.24, 2.45) is 17.8 Å². The van der Waals surface area contributed by atoms with E-state index in [1.54, 1.807) is 18.2 Å². The lowest BCUT2D eigenvalue weighted by Crippen LogP contribution is -2.36. The van der Waals surface area contributed by atoms with Gasteiger partial charge in [0.25, 0.3) is 10.1 Å². The van der Waals surface area contributed by atoms with E-state index < -0.39 is 22.3 Å². The molecule has 0 aliphatic rings. The second-order valence-electron chi connectivity index (χ2n) is 6.26. The molecule has 1 aromatic carbocycles. The third-order valence-electron chi connectivity index (χ3n) is 4.32. The van der Waals surface area contributed by atoms with Crippen molar-refractivity contribution < 1.29 is 17.7 Å². The standard InChI is InChI=1S/C17H28O4S/c1-6-16(13(4)14(5)17(18)12(2)3)21-22(19,20)15-10-8-7-9-11-15/h7-14,16-18H,6H2,1-5H3.